The third-order valence-corrected chi connectivity index (χ3v) is 4.81. The van der Waals surface area contributed by atoms with Gasteiger partial charge in [0.2, 0.25) is 0 Å². The second-order valence-electron chi connectivity index (χ2n) is 6.02. The number of hydrogen-bond acceptors (Lipinski definition) is 4. The number of benzene rings is 1. The lowest BCUT2D eigenvalue weighted by Gasteiger charge is -2.33. The summed E-state index contributed by atoms with van der Waals surface area (Å²) in [5.41, 5.74) is 2.94. The van der Waals surface area contributed by atoms with E-state index >= 15 is 0 Å². The molecule has 0 N–H and O–H groups in total. The Morgan fingerprint density at radius 3 is 2.21 bits per heavy atom. The lowest BCUT2D eigenvalue weighted by molar-refractivity contribution is -0.110. The van der Waals surface area contributed by atoms with Gasteiger partial charge in [-0.3, -0.25) is 0 Å². The normalized spacial score (nSPS) is 20.6. The molecule has 4 nitrogen and oxygen atoms in total. The molecule has 0 fully saturated rings. The molecule has 1 unspecified atom stereocenters. The second-order valence-corrected chi connectivity index (χ2v) is 6.02. The maximum Gasteiger partial charge on any atom is 0.167 e. The van der Waals surface area contributed by atoms with Gasteiger partial charge in [0.05, 0.1) is 21.3 Å². The fourth-order valence-electron chi connectivity index (χ4n) is 3.69. The Labute approximate surface area is 144 Å². The summed E-state index contributed by atoms with van der Waals surface area (Å²) in [5.74, 6) is 2.18. The number of rotatable bonds is 6. The lowest BCUT2D eigenvalue weighted by atomic mass is 9.73. The average Bonchev–Trinajstić information content (AvgIpc) is 2.59. The van der Waals surface area contributed by atoms with Gasteiger partial charge in [0, 0.05) is 22.6 Å². The van der Waals surface area contributed by atoms with Crippen molar-refractivity contribution in [3.8, 4) is 17.2 Å². The largest absolute Gasteiger partial charge is 0.496 e. The van der Waals surface area contributed by atoms with Gasteiger partial charge in [-0.25, -0.2) is 0 Å². The third-order valence-electron chi connectivity index (χ3n) is 4.81. The Kier molecular flexibility index (Phi) is 5.71. The molecule has 1 aliphatic carbocycles. The van der Waals surface area contributed by atoms with E-state index in [1.165, 1.54) is 0 Å². The standard InChI is InChI=1S/C20H26O4/c1-7-8-14(11-21)15-9-10-16-17(12(15)2)20(24-6)19(23-5)13(3)18(16)22-4/h7-12,14-15H,1-6H3/b8-7+/t12-,14?,15+/m0/s1. The van der Waals surface area contributed by atoms with Crippen LogP contribution < -0.4 is 14.2 Å². The first-order valence-electron chi connectivity index (χ1n) is 8.14. The van der Waals surface area contributed by atoms with E-state index in [2.05, 4.69) is 13.0 Å². The van der Waals surface area contributed by atoms with Crippen molar-refractivity contribution in [2.45, 2.75) is 26.7 Å². The average molecular weight is 330 g/mol. The SMILES string of the molecule is C/C=C/C(C=O)[C@@H]1C=Cc2c(OC)c(C)c(OC)c(OC)c2[C@H]1C. The first-order valence-corrected chi connectivity index (χ1v) is 8.14. The molecule has 0 saturated heterocycles. The first-order chi connectivity index (χ1) is 11.5. The van der Waals surface area contributed by atoms with Crippen molar-refractivity contribution in [1.82, 2.24) is 0 Å². The molecule has 0 saturated carbocycles. The molecule has 1 aromatic carbocycles. The Morgan fingerprint density at radius 2 is 1.71 bits per heavy atom. The monoisotopic (exact) mass is 330 g/mol. The minimum Gasteiger partial charge on any atom is -0.496 e. The van der Waals surface area contributed by atoms with Crippen LogP contribution >= 0.6 is 0 Å². The molecule has 130 valence electrons. The van der Waals surface area contributed by atoms with Crippen molar-refractivity contribution in [3.63, 3.8) is 0 Å². The topological polar surface area (TPSA) is 44.8 Å². The van der Waals surface area contributed by atoms with E-state index in [1.54, 1.807) is 21.3 Å². The molecule has 0 amide bonds. The van der Waals surface area contributed by atoms with Gasteiger partial charge in [-0.05, 0) is 25.7 Å². The van der Waals surface area contributed by atoms with Gasteiger partial charge in [-0.15, -0.1) is 0 Å². The Morgan fingerprint density at radius 1 is 1.08 bits per heavy atom. The van der Waals surface area contributed by atoms with E-state index in [0.29, 0.717) is 5.75 Å². The summed E-state index contributed by atoms with van der Waals surface area (Å²) in [5, 5.41) is 0. The highest BCUT2D eigenvalue weighted by molar-refractivity contribution is 5.75. The van der Waals surface area contributed by atoms with Gasteiger partial charge in [0.25, 0.3) is 0 Å². The van der Waals surface area contributed by atoms with E-state index < -0.39 is 0 Å². The number of fused-ring (bicyclic) bond motifs is 1. The molecule has 1 aliphatic rings. The minimum absolute atomic E-state index is 0.0669. The Bertz CT molecular complexity index is 673. The van der Waals surface area contributed by atoms with Gasteiger partial charge in [-0.2, -0.15) is 0 Å². The van der Waals surface area contributed by atoms with Crippen LogP contribution in [0.3, 0.4) is 0 Å². The van der Waals surface area contributed by atoms with Gasteiger partial charge in [-0.1, -0.05) is 31.2 Å². The lowest BCUT2D eigenvalue weighted by Crippen LogP contribution is -2.22. The molecule has 3 atom stereocenters. The highest BCUT2D eigenvalue weighted by atomic mass is 16.5. The van der Waals surface area contributed by atoms with Gasteiger partial charge >= 0.3 is 0 Å². The summed E-state index contributed by atoms with van der Waals surface area (Å²) in [6, 6.07) is 0. The summed E-state index contributed by atoms with van der Waals surface area (Å²) in [6.45, 7) is 6.00. The van der Waals surface area contributed by atoms with Crippen LogP contribution in [-0.2, 0) is 4.79 Å². The molecule has 0 aromatic heterocycles. The predicted molar refractivity (Wildman–Crippen MR) is 96.1 cm³/mol. The molecule has 0 radical (unpaired) electrons. The van der Waals surface area contributed by atoms with Gasteiger partial charge < -0.3 is 19.0 Å². The van der Waals surface area contributed by atoms with Crippen molar-refractivity contribution in [2.24, 2.45) is 11.8 Å². The predicted octanol–water partition coefficient (Wildman–Crippen LogP) is 4.16. The van der Waals surface area contributed by atoms with Crippen molar-refractivity contribution < 1.29 is 19.0 Å². The van der Waals surface area contributed by atoms with Crippen LogP contribution in [0.1, 0.15) is 36.5 Å². The molecular formula is C20H26O4. The summed E-state index contributed by atoms with van der Waals surface area (Å²) in [6.07, 6.45) is 9.00. The van der Waals surface area contributed by atoms with Crippen LogP contribution in [0.15, 0.2) is 18.2 Å². The van der Waals surface area contributed by atoms with E-state index in [9.17, 15) is 4.79 Å². The van der Waals surface area contributed by atoms with Crippen molar-refractivity contribution >= 4 is 12.4 Å². The zero-order valence-corrected chi connectivity index (χ0v) is 15.3. The fraction of sp³-hybridized carbons (Fsp3) is 0.450. The summed E-state index contributed by atoms with van der Waals surface area (Å²) < 4.78 is 16.9. The number of hydrogen-bond donors (Lipinski definition) is 0. The first kappa shape index (κ1) is 18.1. The maximum atomic E-state index is 11.5. The van der Waals surface area contributed by atoms with E-state index in [1.807, 2.05) is 32.1 Å². The van der Waals surface area contributed by atoms with Crippen LogP contribution in [0.25, 0.3) is 6.08 Å². The fourth-order valence-corrected chi connectivity index (χ4v) is 3.69. The summed E-state index contributed by atoms with van der Waals surface area (Å²) in [7, 11) is 4.94. The van der Waals surface area contributed by atoms with E-state index in [-0.39, 0.29) is 17.8 Å². The quantitative estimate of drug-likeness (QED) is 0.580. The smallest absolute Gasteiger partial charge is 0.167 e. The number of allylic oxidation sites excluding steroid dienone is 3. The number of methoxy groups -OCH3 is 3. The van der Waals surface area contributed by atoms with Crippen LogP contribution in [-0.4, -0.2) is 27.6 Å². The van der Waals surface area contributed by atoms with Crippen LogP contribution in [0.2, 0.25) is 0 Å². The van der Waals surface area contributed by atoms with Crippen LogP contribution in [0.5, 0.6) is 17.2 Å². The van der Waals surface area contributed by atoms with Crippen LogP contribution in [0.4, 0.5) is 0 Å². The summed E-state index contributed by atoms with van der Waals surface area (Å²) >= 11 is 0. The second kappa shape index (κ2) is 7.56. The number of carbonyl (C=O) groups excluding carboxylic acids is 1. The highest BCUT2D eigenvalue weighted by Gasteiger charge is 2.34. The van der Waals surface area contributed by atoms with E-state index in [0.717, 1.165) is 34.5 Å². The van der Waals surface area contributed by atoms with Gasteiger partial charge in [0.1, 0.15) is 12.0 Å². The van der Waals surface area contributed by atoms with Crippen molar-refractivity contribution in [3.05, 3.63) is 34.9 Å². The number of aldehydes is 1. The highest BCUT2D eigenvalue weighted by Crippen LogP contribution is 2.51. The zero-order valence-electron chi connectivity index (χ0n) is 15.3. The van der Waals surface area contributed by atoms with E-state index in [4.69, 9.17) is 14.2 Å². The molecule has 0 spiro atoms. The number of ether oxygens (including phenoxy) is 3. The molecule has 2 rings (SSSR count). The van der Waals surface area contributed by atoms with Crippen molar-refractivity contribution in [1.29, 1.82) is 0 Å². The third kappa shape index (κ3) is 2.81. The summed E-state index contributed by atoms with van der Waals surface area (Å²) in [4.78, 5) is 11.5. The van der Waals surface area contributed by atoms with Gasteiger partial charge in [0.15, 0.2) is 11.5 Å². The molecule has 0 bridgehead atoms. The molecular weight excluding hydrogens is 304 g/mol. The minimum atomic E-state index is -0.169. The molecule has 0 heterocycles. The molecule has 4 heteroatoms. The number of carbonyl (C=O) groups is 1. The molecule has 24 heavy (non-hydrogen) atoms. The zero-order chi connectivity index (χ0) is 17.9. The molecule has 0 aliphatic heterocycles. The van der Waals surface area contributed by atoms with Crippen molar-refractivity contribution in [2.75, 3.05) is 21.3 Å². The Balaban J connectivity index is 2.70. The van der Waals surface area contributed by atoms with Crippen LogP contribution in [0, 0.1) is 18.8 Å². The maximum absolute atomic E-state index is 11.5. The molecule has 1 aromatic rings. The Hall–Kier alpha value is -2.23.